The number of nitrogens with zero attached hydrogens (tertiary/aromatic N) is 1. The zero-order valence-corrected chi connectivity index (χ0v) is 15.1. The lowest BCUT2D eigenvalue weighted by Crippen LogP contribution is -2.27. The number of nitriles is 1. The molecule has 24 heavy (non-hydrogen) atoms. The van der Waals surface area contributed by atoms with Crippen molar-refractivity contribution in [1.82, 2.24) is 5.32 Å². The Bertz CT molecular complexity index is 732. The first-order chi connectivity index (χ1) is 11.5. The molecule has 0 saturated carbocycles. The Labute approximate surface area is 148 Å². The third-order valence-electron chi connectivity index (χ3n) is 3.87. The van der Waals surface area contributed by atoms with E-state index in [1.807, 2.05) is 25.1 Å². The molecule has 0 radical (unpaired) electrons. The molecule has 1 atom stereocenters. The molecule has 0 aliphatic rings. The van der Waals surface area contributed by atoms with Gasteiger partial charge >= 0.3 is 0 Å². The van der Waals surface area contributed by atoms with Gasteiger partial charge in [0.15, 0.2) is 0 Å². The summed E-state index contributed by atoms with van der Waals surface area (Å²) < 4.78 is 0. The number of nitrogens with one attached hydrogen (secondary N) is 1. The van der Waals surface area contributed by atoms with Crippen LogP contribution in [0.1, 0.15) is 54.2 Å². The van der Waals surface area contributed by atoms with E-state index >= 15 is 0 Å². The summed E-state index contributed by atoms with van der Waals surface area (Å²) in [7, 11) is 0. The molecule has 0 spiro atoms. The summed E-state index contributed by atoms with van der Waals surface area (Å²) in [5.74, 6) is 0.709. The Balaban J connectivity index is 2.10. The number of hydrogen-bond donors (Lipinski definition) is 1. The first kappa shape index (κ1) is 18.1. The highest BCUT2D eigenvalue weighted by molar-refractivity contribution is 7.99. The summed E-state index contributed by atoms with van der Waals surface area (Å²) in [5.41, 5.74) is 2.98. The molecule has 1 amide bonds. The van der Waals surface area contributed by atoms with Crippen LogP contribution in [0, 0.1) is 11.3 Å². The predicted octanol–water partition coefficient (Wildman–Crippen LogP) is 4.92. The molecule has 4 heteroatoms. The van der Waals surface area contributed by atoms with Gasteiger partial charge in [-0.15, -0.1) is 11.8 Å². The molecule has 0 heterocycles. The van der Waals surface area contributed by atoms with Crippen LogP contribution in [0.5, 0.6) is 0 Å². The number of carbonyl (C=O) groups is 1. The van der Waals surface area contributed by atoms with Crippen LogP contribution in [0.2, 0.25) is 0 Å². The van der Waals surface area contributed by atoms with Crippen LogP contribution in [-0.2, 0) is 0 Å². The molecule has 124 valence electrons. The Hall–Kier alpha value is -2.25. The van der Waals surface area contributed by atoms with Gasteiger partial charge in [-0.3, -0.25) is 4.79 Å². The van der Waals surface area contributed by atoms with E-state index in [-0.39, 0.29) is 11.9 Å². The van der Waals surface area contributed by atoms with Crippen LogP contribution in [0.3, 0.4) is 0 Å². The van der Waals surface area contributed by atoms with Crippen LogP contribution >= 0.6 is 11.8 Å². The maximum absolute atomic E-state index is 12.6. The second kappa shape index (κ2) is 8.56. The predicted molar refractivity (Wildman–Crippen MR) is 99.2 cm³/mol. The largest absolute Gasteiger partial charge is 0.345 e. The highest BCUT2D eigenvalue weighted by atomic mass is 32.2. The Morgan fingerprint density at radius 1 is 1.08 bits per heavy atom. The molecule has 2 aromatic rings. The number of amides is 1. The molecule has 0 fully saturated rings. The van der Waals surface area contributed by atoms with Gasteiger partial charge < -0.3 is 5.32 Å². The van der Waals surface area contributed by atoms with E-state index in [1.165, 1.54) is 17.3 Å². The number of thioether (sulfide) groups is 1. The fourth-order valence-corrected chi connectivity index (χ4v) is 3.13. The summed E-state index contributed by atoms with van der Waals surface area (Å²) in [5, 5.41) is 11.8. The monoisotopic (exact) mass is 338 g/mol. The highest BCUT2D eigenvalue weighted by Gasteiger charge is 2.15. The Morgan fingerprint density at radius 2 is 1.71 bits per heavy atom. The van der Waals surface area contributed by atoms with Crippen molar-refractivity contribution in [3.63, 3.8) is 0 Å². The number of benzene rings is 2. The SMILES string of the molecule is CC(C)c1ccc([C@@H](C)NC(=O)c2ccccc2SCC#N)cc1. The third-order valence-corrected chi connectivity index (χ3v) is 4.82. The van der Waals surface area contributed by atoms with Gasteiger partial charge in [-0.1, -0.05) is 50.2 Å². The van der Waals surface area contributed by atoms with Gasteiger partial charge in [0.2, 0.25) is 0 Å². The maximum Gasteiger partial charge on any atom is 0.252 e. The molecule has 2 rings (SSSR count). The van der Waals surface area contributed by atoms with Gasteiger partial charge in [0.05, 0.1) is 23.4 Å². The van der Waals surface area contributed by atoms with Gasteiger partial charge in [-0.05, 0) is 36.1 Å². The number of rotatable bonds is 6. The minimum atomic E-state index is -0.114. The van der Waals surface area contributed by atoms with Crippen molar-refractivity contribution in [2.45, 2.75) is 37.6 Å². The first-order valence-electron chi connectivity index (χ1n) is 8.02. The fraction of sp³-hybridized carbons (Fsp3) is 0.300. The molecule has 0 bridgehead atoms. The lowest BCUT2D eigenvalue weighted by Gasteiger charge is -2.16. The van der Waals surface area contributed by atoms with E-state index < -0.39 is 0 Å². The van der Waals surface area contributed by atoms with Crippen molar-refractivity contribution in [3.05, 3.63) is 65.2 Å². The average molecular weight is 338 g/mol. The Kier molecular flexibility index (Phi) is 6.45. The van der Waals surface area contributed by atoms with Crippen molar-refractivity contribution in [3.8, 4) is 6.07 Å². The van der Waals surface area contributed by atoms with Crippen LogP contribution in [0.15, 0.2) is 53.4 Å². The fourth-order valence-electron chi connectivity index (χ4n) is 2.42. The average Bonchev–Trinajstić information content (AvgIpc) is 2.60. The molecule has 0 aliphatic heterocycles. The minimum Gasteiger partial charge on any atom is -0.345 e. The molecule has 1 N–H and O–H groups in total. The second-order valence-electron chi connectivity index (χ2n) is 5.96. The van der Waals surface area contributed by atoms with Crippen LogP contribution in [-0.4, -0.2) is 11.7 Å². The first-order valence-corrected chi connectivity index (χ1v) is 9.01. The van der Waals surface area contributed by atoms with Crippen molar-refractivity contribution in [2.75, 3.05) is 5.75 Å². The molecular formula is C20H22N2OS. The minimum absolute atomic E-state index is 0.0762. The number of hydrogen-bond acceptors (Lipinski definition) is 3. The summed E-state index contributed by atoms with van der Waals surface area (Å²) in [6.07, 6.45) is 0. The van der Waals surface area contributed by atoms with Crippen LogP contribution in [0.4, 0.5) is 0 Å². The molecule has 0 unspecified atom stereocenters. The molecular weight excluding hydrogens is 316 g/mol. The molecule has 2 aromatic carbocycles. The van der Waals surface area contributed by atoms with E-state index in [4.69, 9.17) is 5.26 Å². The van der Waals surface area contributed by atoms with Gasteiger partial charge in [0.25, 0.3) is 5.91 Å². The van der Waals surface area contributed by atoms with Crippen molar-refractivity contribution >= 4 is 17.7 Å². The molecule has 0 saturated heterocycles. The normalized spacial score (nSPS) is 11.8. The number of carbonyl (C=O) groups excluding carboxylic acids is 1. The molecule has 0 aliphatic carbocycles. The van der Waals surface area contributed by atoms with Gasteiger partial charge in [0.1, 0.15) is 0 Å². The van der Waals surface area contributed by atoms with Crippen LogP contribution in [0.25, 0.3) is 0 Å². The van der Waals surface area contributed by atoms with E-state index in [2.05, 4.69) is 49.5 Å². The van der Waals surface area contributed by atoms with Crippen molar-refractivity contribution in [2.24, 2.45) is 0 Å². The van der Waals surface area contributed by atoms with Gasteiger partial charge in [0, 0.05) is 4.90 Å². The maximum atomic E-state index is 12.6. The lowest BCUT2D eigenvalue weighted by atomic mass is 9.99. The van der Waals surface area contributed by atoms with Crippen LogP contribution < -0.4 is 5.32 Å². The topological polar surface area (TPSA) is 52.9 Å². The van der Waals surface area contributed by atoms with Crippen molar-refractivity contribution < 1.29 is 4.79 Å². The quantitative estimate of drug-likeness (QED) is 0.761. The highest BCUT2D eigenvalue weighted by Crippen LogP contribution is 2.23. The zero-order chi connectivity index (χ0) is 17.5. The van der Waals surface area contributed by atoms with E-state index in [1.54, 1.807) is 6.07 Å². The van der Waals surface area contributed by atoms with Gasteiger partial charge in [-0.2, -0.15) is 5.26 Å². The van der Waals surface area contributed by atoms with Gasteiger partial charge in [-0.25, -0.2) is 0 Å². The molecule has 3 nitrogen and oxygen atoms in total. The third kappa shape index (κ3) is 4.62. The smallest absolute Gasteiger partial charge is 0.252 e. The van der Waals surface area contributed by atoms with E-state index in [0.717, 1.165) is 10.5 Å². The Morgan fingerprint density at radius 3 is 2.33 bits per heavy atom. The lowest BCUT2D eigenvalue weighted by molar-refractivity contribution is 0.0937. The standard InChI is InChI=1S/C20H22N2OS/c1-14(2)16-8-10-17(11-9-16)15(3)22-20(23)18-6-4-5-7-19(18)24-13-12-21/h4-11,14-15H,13H2,1-3H3,(H,22,23)/t15-/m1/s1. The van der Waals surface area contributed by atoms with Crippen molar-refractivity contribution in [1.29, 1.82) is 5.26 Å². The zero-order valence-electron chi connectivity index (χ0n) is 14.2. The summed E-state index contributed by atoms with van der Waals surface area (Å²) in [6, 6.07) is 17.8. The van der Waals surface area contributed by atoms with E-state index in [9.17, 15) is 4.79 Å². The van der Waals surface area contributed by atoms with E-state index in [0.29, 0.717) is 17.2 Å². The molecule has 0 aromatic heterocycles. The second-order valence-corrected chi connectivity index (χ2v) is 6.98. The summed E-state index contributed by atoms with van der Waals surface area (Å²) in [6.45, 7) is 6.30. The summed E-state index contributed by atoms with van der Waals surface area (Å²) >= 11 is 1.38. The summed E-state index contributed by atoms with van der Waals surface area (Å²) in [4.78, 5) is 13.4.